The van der Waals surface area contributed by atoms with Crippen molar-refractivity contribution in [1.82, 2.24) is 24.1 Å². The van der Waals surface area contributed by atoms with Crippen molar-refractivity contribution in [2.45, 2.75) is 59.2 Å². The van der Waals surface area contributed by atoms with Gasteiger partial charge in [-0.15, -0.1) is 0 Å². The maximum absolute atomic E-state index is 14.1. The summed E-state index contributed by atoms with van der Waals surface area (Å²) in [5.74, 6) is -0.306. The van der Waals surface area contributed by atoms with Crippen molar-refractivity contribution in [1.29, 1.82) is 0 Å². The van der Waals surface area contributed by atoms with Gasteiger partial charge in [0.05, 0.1) is 32.7 Å². The number of halogens is 2. The number of aromatic nitrogens is 5. The lowest BCUT2D eigenvalue weighted by Crippen LogP contribution is -2.39. The molecular weight excluding hydrogens is 666 g/mol. The van der Waals surface area contributed by atoms with Gasteiger partial charge < -0.3 is 9.47 Å². The van der Waals surface area contributed by atoms with Gasteiger partial charge in [0.15, 0.2) is 0 Å². The van der Waals surface area contributed by atoms with E-state index in [0.717, 1.165) is 20.7 Å². The lowest BCUT2D eigenvalue weighted by atomic mass is 10.1. The van der Waals surface area contributed by atoms with Crippen molar-refractivity contribution in [2.24, 2.45) is 0 Å². The molecule has 0 bridgehead atoms. The molecule has 5 aromatic rings. The minimum atomic E-state index is -0.788. The van der Waals surface area contributed by atoms with Crippen LogP contribution in [0.1, 0.15) is 47.1 Å². The summed E-state index contributed by atoms with van der Waals surface area (Å²) < 4.78 is 29.4. The third-order valence-corrected chi connectivity index (χ3v) is 7.12. The highest BCUT2D eigenvalue weighted by molar-refractivity contribution is 14.1. The highest BCUT2D eigenvalue weighted by atomic mass is 127. The molecule has 0 N–H and O–H groups in total. The zero-order valence-electron chi connectivity index (χ0n) is 24.8. The smallest absolute Gasteiger partial charge is 0.419 e. The van der Waals surface area contributed by atoms with Crippen LogP contribution in [0.3, 0.4) is 0 Å². The van der Waals surface area contributed by atoms with Gasteiger partial charge in [0.2, 0.25) is 5.95 Å². The Bertz CT molecular complexity index is 1840. The fourth-order valence-electron chi connectivity index (χ4n) is 4.55. The predicted molar refractivity (Wildman–Crippen MR) is 170 cm³/mol. The molecule has 0 aliphatic carbocycles. The number of ether oxygens (including phenoxy) is 2. The molecule has 43 heavy (non-hydrogen) atoms. The van der Waals surface area contributed by atoms with E-state index in [2.05, 4.69) is 32.7 Å². The zero-order chi connectivity index (χ0) is 31.1. The van der Waals surface area contributed by atoms with Crippen LogP contribution < -0.4 is 4.90 Å². The first-order valence-electron chi connectivity index (χ1n) is 13.7. The second-order valence-electron chi connectivity index (χ2n) is 12.0. The molecule has 0 aliphatic rings. The standard InChI is InChI=1S/C31H32FIN6O4/c1-30(2,3)42-28(40)37(12-11-19-18-38(29(41)43-31(4,5)6)25-10-8-7-9-22(19)25)27-36-24(20-13-21(32)16-34-15-20)14-26-23(33)17-35-39(26)27/h7-10,13-18H,11-12H2,1-6H3. The number of benzene rings is 1. The molecule has 0 spiro atoms. The van der Waals surface area contributed by atoms with Crippen molar-refractivity contribution < 1.29 is 23.5 Å². The molecule has 0 saturated carbocycles. The van der Waals surface area contributed by atoms with Crippen molar-refractivity contribution in [3.8, 4) is 11.3 Å². The van der Waals surface area contributed by atoms with E-state index in [1.54, 1.807) is 43.7 Å². The Morgan fingerprint density at radius 1 is 0.977 bits per heavy atom. The van der Waals surface area contributed by atoms with Crippen molar-refractivity contribution in [2.75, 3.05) is 11.4 Å². The predicted octanol–water partition coefficient (Wildman–Crippen LogP) is 7.26. The van der Waals surface area contributed by atoms with E-state index in [1.807, 2.05) is 45.0 Å². The monoisotopic (exact) mass is 698 g/mol. The Hall–Kier alpha value is -4.07. The SMILES string of the molecule is CC(C)(C)OC(=O)N(CCc1cn(C(=O)OC(C)(C)C)c2ccccc12)c1nc(-c2cncc(F)c2)cc2c(I)cnn12. The van der Waals surface area contributed by atoms with Gasteiger partial charge in [0, 0.05) is 29.9 Å². The first-order chi connectivity index (χ1) is 20.2. The van der Waals surface area contributed by atoms with E-state index < -0.39 is 29.2 Å². The van der Waals surface area contributed by atoms with Gasteiger partial charge in [-0.25, -0.2) is 23.9 Å². The number of hydrogen-bond acceptors (Lipinski definition) is 7. The minimum Gasteiger partial charge on any atom is -0.443 e. The van der Waals surface area contributed by atoms with E-state index in [4.69, 9.17) is 14.5 Å². The van der Waals surface area contributed by atoms with Crippen molar-refractivity contribution in [3.05, 3.63) is 76.1 Å². The van der Waals surface area contributed by atoms with Crippen LogP contribution in [-0.2, 0) is 15.9 Å². The average Bonchev–Trinajstić information content (AvgIpc) is 3.47. The molecule has 0 aliphatic heterocycles. The van der Waals surface area contributed by atoms with Crippen LogP contribution >= 0.6 is 22.6 Å². The van der Waals surface area contributed by atoms with Crippen LogP contribution in [0, 0.1) is 9.39 Å². The van der Waals surface area contributed by atoms with Crippen LogP contribution in [0.15, 0.2) is 61.2 Å². The quantitative estimate of drug-likeness (QED) is 0.178. The normalized spacial score (nSPS) is 12.1. The molecule has 5 rings (SSSR count). The fraction of sp³-hybridized carbons (Fsp3) is 0.323. The molecule has 1 amide bonds. The largest absolute Gasteiger partial charge is 0.443 e. The lowest BCUT2D eigenvalue weighted by molar-refractivity contribution is 0.0540. The molecule has 12 heteroatoms. The van der Waals surface area contributed by atoms with Crippen molar-refractivity contribution in [3.63, 3.8) is 0 Å². The molecule has 4 heterocycles. The molecule has 0 radical (unpaired) electrons. The van der Waals surface area contributed by atoms with Crippen LogP contribution in [0.25, 0.3) is 27.7 Å². The van der Waals surface area contributed by atoms with E-state index in [0.29, 0.717) is 28.7 Å². The van der Waals surface area contributed by atoms with Crippen LogP contribution in [-0.4, -0.2) is 54.1 Å². The van der Waals surface area contributed by atoms with Gasteiger partial charge in [-0.3, -0.25) is 9.55 Å². The Balaban J connectivity index is 1.59. The summed E-state index contributed by atoms with van der Waals surface area (Å²) in [5, 5.41) is 5.33. The Kier molecular flexibility index (Phi) is 8.16. The summed E-state index contributed by atoms with van der Waals surface area (Å²) in [6, 6.07) is 10.6. The van der Waals surface area contributed by atoms with E-state index in [-0.39, 0.29) is 12.5 Å². The number of para-hydroxylation sites is 1. The number of pyridine rings is 1. The summed E-state index contributed by atoms with van der Waals surface area (Å²) in [4.78, 5) is 36.9. The first-order valence-corrected chi connectivity index (χ1v) is 14.8. The molecule has 0 unspecified atom stereocenters. The van der Waals surface area contributed by atoms with Gasteiger partial charge >= 0.3 is 12.2 Å². The molecular formula is C31H32FIN6O4. The average molecular weight is 699 g/mol. The van der Waals surface area contributed by atoms with Gasteiger partial charge in [0.1, 0.15) is 17.0 Å². The number of anilines is 1. The van der Waals surface area contributed by atoms with Crippen molar-refractivity contribution >= 4 is 57.1 Å². The van der Waals surface area contributed by atoms with Gasteiger partial charge in [-0.05, 0) is 94.3 Å². The third kappa shape index (κ3) is 6.79. The highest BCUT2D eigenvalue weighted by Crippen LogP contribution is 2.29. The lowest BCUT2D eigenvalue weighted by Gasteiger charge is -2.27. The summed E-state index contributed by atoms with van der Waals surface area (Å²) in [5.41, 5.74) is 1.61. The summed E-state index contributed by atoms with van der Waals surface area (Å²) in [6.45, 7) is 10.9. The summed E-state index contributed by atoms with van der Waals surface area (Å²) >= 11 is 2.15. The van der Waals surface area contributed by atoms with Gasteiger partial charge in [-0.1, -0.05) is 18.2 Å². The van der Waals surface area contributed by atoms with Crippen LogP contribution in [0.5, 0.6) is 0 Å². The number of nitrogens with zero attached hydrogens (tertiary/aromatic N) is 6. The number of fused-ring (bicyclic) bond motifs is 2. The maximum Gasteiger partial charge on any atom is 0.419 e. The topological polar surface area (TPSA) is 104 Å². The Labute approximate surface area is 262 Å². The second-order valence-corrected chi connectivity index (χ2v) is 13.2. The Morgan fingerprint density at radius 2 is 1.70 bits per heavy atom. The van der Waals surface area contributed by atoms with Gasteiger partial charge in [-0.2, -0.15) is 9.61 Å². The van der Waals surface area contributed by atoms with Crippen LogP contribution in [0.4, 0.5) is 19.9 Å². The van der Waals surface area contributed by atoms with Gasteiger partial charge in [0.25, 0.3) is 0 Å². The molecule has 224 valence electrons. The molecule has 0 saturated heterocycles. The van der Waals surface area contributed by atoms with E-state index in [1.165, 1.54) is 21.7 Å². The maximum atomic E-state index is 14.1. The second kappa shape index (κ2) is 11.5. The number of carbonyl (C=O) groups excluding carboxylic acids is 2. The number of hydrogen-bond donors (Lipinski definition) is 0. The molecule has 0 fully saturated rings. The summed E-state index contributed by atoms with van der Waals surface area (Å²) in [7, 11) is 0. The third-order valence-electron chi connectivity index (χ3n) is 6.29. The highest BCUT2D eigenvalue weighted by Gasteiger charge is 2.29. The molecule has 10 nitrogen and oxygen atoms in total. The fourth-order valence-corrected chi connectivity index (χ4v) is 5.06. The minimum absolute atomic E-state index is 0.140. The first kappa shape index (κ1) is 30.4. The molecule has 1 aromatic carbocycles. The molecule has 0 atom stereocenters. The summed E-state index contributed by atoms with van der Waals surface area (Å²) in [6.07, 6.45) is 5.26. The number of amides is 1. The number of rotatable bonds is 5. The van der Waals surface area contributed by atoms with Crippen LogP contribution in [0.2, 0.25) is 0 Å². The number of carbonyl (C=O) groups is 2. The zero-order valence-corrected chi connectivity index (χ0v) is 26.9. The molecule has 4 aromatic heterocycles. The van der Waals surface area contributed by atoms with E-state index in [9.17, 15) is 14.0 Å². The Morgan fingerprint density at radius 3 is 2.40 bits per heavy atom. The van der Waals surface area contributed by atoms with E-state index >= 15 is 0 Å².